The van der Waals surface area contributed by atoms with Gasteiger partial charge in [-0.1, -0.05) is 54.1 Å². The molecule has 2 aromatic carbocycles. The summed E-state index contributed by atoms with van der Waals surface area (Å²) in [7, 11) is 4.39. The predicted octanol–water partition coefficient (Wildman–Crippen LogP) is 5.58. The van der Waals surface area contributed by atoms with E-state index in [1.807, 2.05) is 12.1 Å². The van der Waals surface area contributed by atoms with Gasteiger partial charge in [-0.3, -0.25) is 0 Å². The molecule has 3 rings (SSSR count). The van der Waals surface area contributed by atoms with E-state index in [0.717, 1.165) is 5.02 Å². The molecule has 0 saturated carbocycles. The van der Waals surface area contributed by atoms with Crippen molar-refractivity contribution in [2.45, 2.75) is 29.4 Å². The summed E-state index contributed by atoms with van der Waals surface area (Å²) in [5, 5.41) is 1.90. The van der Waals surface area contributed by atoms with Crippen LogP contribution in [0.1, 0.15) is 34.5 Å². The molecule has 0 amide bonds. The minimum absolute atomic E-state index is 0.531. The molecular formula is C19H22ClNS. The first-order valence-electron chi connectivity index (χ1n) is 7.76. The van der Waals surface area contributed by atoms with E-state index in [0.29, 0.717) is 16.5 Å². The molecule has 0 N–H and O–H groups in total. The van der Waals surface area contributed by atoms with Crippen LogP contribution in [0.15, 0.2) is 54.6 Å². The van der Waals surface area contributed by atoms with E-state index >= 15 is 0 Å². The summed E-state index contributed by atoms with van der Waals surface area (Å²) < 4.78 is 0. The van der Waals surface area contributed by atoms with Crippen molar-refractivity contribution in [1.29, 1.82) is 0 Å². The maximum absolute atomic E-state index is 6.04. The average molecular weight is 332 g/mol. The van der Waals surface area contributed by atoms with Crippen molar-refractivity contribution in [2.75, 3.05) is 14.1 Å². The van der Waals surface area contributed by atoms with Crippen LogP contribution < -0.4 is 0 Å². The Kier molecular flexibility index (Phi) is 5.12. The molecular weight excluding hydrogens is 310 g/mol. The molecule has 3 unspecified atom stereocenters. The third-order valence-electron chi connectivity index (χ3n) is 4.44. The van der Waals surface area contributed by atoms with E-state index in [-0.39, 0.29) is 0 Å². The number of hydrogen-bond acceptors (Lipinski definition) is 2. The summed E-state index contributed by atoms with van der Waals surface area (Å²) >= 11 is 8.13. The second-order valence-corrected chi connectivity index (χ2v) is 8.01. The number of hydrogen-bond donors (Lipinski definition) is 0. The van der Waals surface area contributed by atoms with Gasteiger partial charge in [-0.2, -0.15) is 0 Å². The van der Waals surface area contributed by atoms with Crippen LogP contribution in [0.3, 0.4) is 0 Å². The normalized spacial score (nSPS) is 25.4. The SMILES string of the molecule is CN(C)C1CC(c2ccccc2)SC(c2ccc(Cl)cc2)C1. The van der Waals surface area contributed by atoms with E-state index in [1.54, 1.807) is 0 Å². The van der Waals surface area contributed by atoms with Gasteiger partial charge < -0.3 is 4.90 Å². The standard InChI is InChI=1S/C19H22ClNS/c1-21(2)17-12-18(14-6-4-3-5-7-14)22-19(13-17)15-8-10-16(20)11-9-15/h3-11,17-19H,12-13H2,1-2H3. The summed E-state index contributed by atoms with van der Waals surface area (Å²) in [5.41, 5.74) is 2.83. The first-order valence-corrected chi connectivity index (χ1v) is 9.08. The van der Waals surface area contributed by atoms with E-state index in [1.165, 1.54) is 24.0 Å². The number of halogens is 1. The first-order chi connectivity index (χ1) is 10.6. The van der Waals surface area contributed by atoms with Gasteiger partial charge in [-0.15, -0.1) is 11.8 Å². The maximum Gasteiger partial charge on any atom is 0.0406 e. The Balaban J connectivity index is 1.85. The van der Waals surface area contributed by atoms with Crippen LogP contribution in [0.4, 0.5) is 0 Å². The van der Waals surface area contributed by atoms with Crippen molar-refractivity contribution in [1.82, 2.24) is 4.90 Å². The maximum atomic E-state index is 6.04. The van der Waals surface area contributed by atoms with Gasteiger partial charge in [0.05, 0.1) is 0 Å². The second-order valence-electron chi connectivity index (χ2n) is 6.16. The van der Waals surface area contributed by atoms with Gasteiger partial charge >= 0.3 is 0 Å². The van der Waals surface area contributed by atoms with Crippen molar-refractivity contribution >= 4 is 23.4 Å². The third-order valence-corrected chi connectivity index (χ3v) is 6.28. The quantitative estimate of drug-likeness (QED) is 0.722. The van der Waals surface area contributed by atoms with Gasteiger partial charge in [0.1, 0.15) is 0 Å². The van der Waals surface area contributed by atoms with E-state index in [9.17, 15) is 0 Å². The van der Waals surface area contributed by atoms with Gasteiger partial charge in [-0.05, 0) is 50.2 Å². The fourth-order valence-corrected chi connectivity index (χ4v) is 4.91. The molecule has 2 aromatic rings. The lowest BCUT2D eigenvalue weighted by molar-refractivity contribution is 0.254. The molecule has 0 aromatic heterocycles. The Morgan fingerprint density at radius 3 is 1.95 bits per heavy atom. The van der Waals surface area contributed by atoms with Crippen LogP contribution in [-0.2, 0) is 0 Å². The van der Waals surface area contributed by atoms with Crippen molar-refractivity contribution in [3.8, 4) is 0 Å². The molecule has 0 spiro atoms. The lowest BCUT2D eigenvalue weighted by atomic mass is 9.96. The Labute approximate surface area is 142 Å². The number of benzene rings is 2. The van der Waals surface area contributed by atoms with Gasteiger partial charge in [0.2, 0.25) is 0 Å². The van der Waals surface area contributed by atoms with Crippen molar-refractivity contribution in [3.63, 3.8) is 0 Å². The molecule has 3 atom stereocenters. The summed E-state index contributed by atoms with van der Waals surface area (Å²) in [5.74, 6) is 0. The Hall–Kier alpha value is -0.960. The molecule has 116 valence electrons. The van der Waals surface area contributed by atoms with Crippen LogP contribution in [-0.4, -0.2) is 25.0 Å². The largest absolute Gasteiger partial charge is 0.306 e. The van der Waals surface area contributed by atoms with Gasteiger partial charge in [0.15, 0.2) is 0 Å². The van der Waals surface area contributed by atoms with Crippen molar-refractivity contribution < 1.29 is 0 Å². The highest BCUT2D eigenvalue weighted by Gasteiger charge is 2.32. The van der Waals surface area contributed by atoms with E-state index < -0.39 is 0 Å². The predicted molar refractivity (Wildman–Crippen MR) is 97.7 cm³/mol. The first kappa shape index (κ1) is 15.9. The lowest BCUT2D eigenvalue weighted by Crippen LogP contribution is -2.33. The minimum Gasteiger partial charge on any atom is -0.306 e. The average Bonchev–Trinajstić information content (AvgIpc) is 2.56. The number of thioether (sulfide) groups is 1. The minimum atomic E-state index is 0.531. The van der Waals surface area contributed by atoms with Gasteiger partial charge in [-0.25, -0.2) is 0 Å². The van der Waals surface area contributed by atoms with Crippen LogP contribution in [0.2, 0.25) is 5.02 Å². The molecule has 1 aliphatic rings. The van der Waals surface area contributed by atoms with Gasteiger partial charge in [0, 0.05) is 21.6 Å². The van der Waals surface area contributed by atoms with E-state index in [2.05, 4.69) is 73.2 Å². The molecule has 1 heterocycles. The topological polar surface area (TPSA) is 3.24 Å². The molecule has 22 heavy (non-hydrogen) atoms. The highest BCUT2D eigenvalue weighted by Crippen LogP contribution is 2.50. The number of nitrogens with zero attached hydrogens (tertiary/aromatic N) is 1. The van der Waals surface area contributed by atoms with Gasteiger partial charge in [0.25, 0.3) is 0 Å². The zero-order chi connectivity index (χ0) is 15.5. The molecule has 0 radical (unpaired) electrons. The number of rotatable bonds is 3. The van der Waals surface area contributed by atoms with Crippen LogP contribution in [0.25, 0.3) is 0 Å². The summed E-state index contributed by atoms with van der Waals surface area (Å²) in [6, 6.07) is 19.9. The highest BCUT2D eigenvalue weighted by atomic mass is 35.5. The second kappa shape index (κ2) is 7.08. The highest BCUT2D eigenvalue weighted by molar-refractivity contribution is 7.99. The fourth-order valence-electron chi connectivity index (χ4n) is 3.10. The summed E-state index contributed by atoms with van der Waals surface area (Å²) in [6.45, 7) is 0. The summed E-state index contributed by atoms with van der Waals surface area (Å²) in [6.07, 6.45) is 2.41. The molecule has 1 aliphatic heterocycles. The molecule has 3 heteroatoms. The van der Waals surface area contributed by atoms with Crippen LogP contribution in [0.5, 0.6) is 0 Å². The monoisotopic (exact) mass is 331 g/mol. The molecule has 1 fully saturated rings. The Morgan fingerprint density at radius 1 is 0.864 bits per heavy atom. The lowest BCUT2D eigenvalue weighted by Gasteiger charge is -2.38. The van der Waals surface area contributed by atoms with Crippen molar-refractivity contribution in [2.24, 2.45) is 0 Å². The molecule has 0 aliphatic carbocycles. The fraction of sp³-hybridized carbons (Fsp3) is 0.368. The van der Waals surface area contributed by atoms with Crippen molar-refractivity contribution in [3.05, 3.63) is 70.7 Å². The van der Waals surface area contributed by atoms with Crippen LogP contribution >= 0.6 is 23.4 Å². The summed E-state index contributed by atoms with van der Waals surface area (Å²) in [4.78, 5) is 2.37. The molecule has 1 nitrogen and oxygen atoms in total. The Morgan fingerprint density at radius 2 is 1.41 bits per heavy atom. The zero-order valence-electron chi connectivity index (χ0n) is 13.1. The van der Waals surface area contributed by atoms with E-state index in [4.69, 9.17) is 11.6 Å². The third kappa shape index (κ3) is 3.68. The zero-order valence-corrected chi connectivity index (χ0v) is 14.6. The molecule has 0 bridgehead atoms. The molecule has 1 saturated heterocycles. The Bertz CT molecular complexity index is 597. The smallest absolute Gasteiger partial charge is 0.0406 e. The van der Waals surface area contributed by atoms with Crippen LogP contribution in [0, 0.1) is 0 Å².